The molecule has 0 spiro atoms. The fourth-order valence-corrected chi connectivity index (χ4v) is 3.00. The lowest BCUT2D eigenvalue weighted by molar-refractivity contribution is -0.384. The monoisotopic (exact) mass is 412 g/mol. The second-order valence-electron chi connectivity index (χ2n) is 6.17. The number of carbonyl (C=O) groups is 2. The van der Waals surface area contributed by atoms with Crippen LogP contribution in [0.5, 0.6) is 5.75 Å². The zero-order valence-corrected chi connectivity index (χ0v) is 16.3. The summed E-state index contributed by atoms with van der Waals surface area (Å²) in [5.74, 6) is -2.19. The van der Waals surface area contributed by atoms with E-state index in [4.69, 9.17) is 17.0 Å². The van der Waals surface area contributed by atoms with Gasteiger partial charge in [-0.3, -0.25) is 29.6 Å². The van der Waals surface area contributed by atoms with Gasteiger partial charge in [-0.05, 0) is 37.3 Å². The highest BCUT2D eigenvalue weighted by molar-refractivity contribution is 7.80. The average molecular weight is 412 g/mol. The number of ether oxygens (including phenoxy) is 1. The summed E-state index contributed by atoms with van der Waals surface area (Å²) in [7, 11) is 1.39. The topological polar surface area (TPSA) is 114 Å². The summed E-state index contributed by atoms with van der Waals surface area (Å²) in [6.07, 6.45) is 1.13. The maximum atomic E-state index is 12.9. The average Bonchev–Trinajstić information content (AvgIpc) is 2.68. The molecule has 2 aromatic carbocycles. The molecular formula is C19H16N4O5S. The van der Waals surface area contributed by atoms with Gasteiger partial charge < -0.3 is 10.1 Å². The van der Waals surface area contributed by atoms with Crippen LogP contribution in [0.15, 0.2) is 47.5 Å². The van der Waals surface area contributed by atoms with Gasteiger partial charge in [0, 0.05) is 18.3 Å². The van der Waals surface area contributed by atoms with E-state index < -0.39 is 22.7 Å². The van der Waals surface area contributed by atoms with Gasteiger partial charge in [-0.25, -0.2) is 0 Å². The van der Waals surface area contributed by atoms with Crippen molar-refractivity contribution in [2.24, 2.45) is 10.9 Å². The number of hydrogen-bond acceptors (Lipinski definition) is 7. The van der Waals surface area contributed by atoms with Gasteiger partial charge in [0.15, 0.2) is 11.0 Å². The number of amides is 2. The van der Waals surface area contributed by atoms with Crippen LogP contribution in [0.2, 0.25) is 0 Å². The second kappa shape index (κ2) is 8.15. The van der Waals surface area contributed by atoms with E-state index in [1.165, 1.54) is 30.2 Å². The number of carbonyl (C=O) groups excluding carboxylic acids is 2. The highest BCUT2D eigenvalue weighted by atomic mass is 32.1. The number of anilines is 1. The van der Waals surface area contributed by atoms with E-state index in [2.05, 4.69) is 10.3 Å². The lowest BCUT2D eigenvalue weighted by Gasteiger charge is -2.31. The van der Waals surface area contributed by atoms with E-state index in [1.807, 2.05) is 19.1 Å². The Morgan fingerprint density at radius 3 is 2.55 bits per heavy atom. The fourth-order valence-electron chi connectivity index (χ4n) is 2.71. The SMILES string of the molecule is COc1ccc([N+](=O)[O-])cc1N=C[C@H]1C(=O)NC(=S)N(c2ccc(C)cc2)C1=O. The van der Waals surface area contributed by atoms with Crippen LogP contribution < -0.4 is 15.0 Å². The highest BCUT2D eigenvalue weighted by Gasteiger charge is 2.38. The molecule has 1 aliphatic heterocycles. The number of nitro benzene ring substituents is 1. The molecule has 10 heteroatoms. The predicted octanol–water partition coefficient (Wildman–Crippen LogP) is 2.68. The number of rotatable bonds is 5. The molecule has 0 saturated carbocycles. The summed E-state index contributed by atoms with van der Waals surface area (Å²) >= 11 is 5.15. The third-order valence-electron chi connectivity index (χ3n) is 4.23. The molecule has 1 saturated heterocycles. The Hall–Kier alpha value is -3.66. The maximum absolute atomic E-state index is 12.9. The molecule has 148 valence electrons. The number of nitro groups is 1. The Morgan fingerprint density at radius 2 is 1.93 bits per heavy atom. The van der Waals surface area contributed by atoms with Crippen molar-refractivity contribution < 1.29 is 19.2 Å². The lowest BCUT2D eigenvalue weighted by atomic mass is 10.1. The van der Waals surface area contributed by atoms with Gasteiger partial charge >= 0.3 is 0 Å². The van der Waals surface area contributed by atoms with E-state index in [9.17, 15) is 19.7 Å². The van der Waals surface area contributed by atoms with Crippen molar-refractivity contribution in [3.63, 3.8) is 0 Å². The normalized spacial score (nSPS) is 16.8. The van der Waals surface area contributed by atoms with Gasteiger partial charge in [0.05, 0.1) is 17.7 Å². The van der Waals surface area contributed by atoms with Crippen molar-refractivity contribution in [3.05, 3.63) is 58.1 Å². The zero-order chi connectivity index (χ0) is 21.1. The Labute approximate surface area is 171 Å². The molecule has 0 aliphatic carbocycles. The van der Waals surface area contributed by atoms with Crippen LogP contribution in [0.1, 0.15) is 5.56 Å². The van der Waals surface area contributed by atoms with E-state index in [-0.39, 0.29) is 22.2 Å². The van der Waals surface area contributed by atoms with Crippen molar-refractivity contribution in [3.8, 4) is 5.75 Å². The summed E-state index contributed by atoms with van der Waals surface area (Å²) in [5.41, 5.74) is 1.44. The first-order valence-corrected chi connectivity index (χ1v) is 8.84. The number of nitrogens with one attached hydrogen (secondary N) is 1. The number of aryl methyl sites for hydroxylation is 1. The molecule has 0 unspecified atom stereocenters. The summed E-state index contributed by atoms with van der Waals surface area (Å²) in [6.45, 7) is 1.91. The Morgan fingerprint density at radius 1 is 1.24 bits per heavy atom. The molecule has 2 amide bonds. The van der Waals surface area contributed by atoms with Crippen LogP contribution in [-0.4, -0.2) is 35.2 Å². The van der Waals surface area contributed by atoms with Crippen LogP contribution in [0, 0.1) is 23.0 Å². The van der Waals surface area contributed by atoms with E-state index in [0.29, 0.717) is 5.69 Å². The van der Waals surface area contributed by atoms with E-state index in [1.54, 1.807) is 12.1 Å². The molecule has 1 fully saturated rings. The first-order chi connectivity index (χ1) is 13.8. The number of thiocarbonyl (C=S) groups is 1. The van der Waals surface area contributed by atoms with Gasteiger partial charge in [0.1, 0.15) is 11.4 Å². The number of benzene rings is 2. The lowest BCUT2D eigenvalue weighted by Crippen LogP contribution is -2.58. The third-order valence-corrected chi connectivity index (χ3v) is 4.51. The third kappa shape index (κ3) is 4.11. The molecule has 0 bridgehead atoms. The summed E-state index contributed by atoms with van der Waals surface area (Å²) in [6, 6.07) is 10.9. The van der Waals surface area contributed by atoms with Gasteiger partial charge in [-0.15, -0.1) is 0 Å². The molecule has 1 N–H and O–H groups in total. The van der Waals surface area contributed by atoms with E-state index >= 15 is 0 Å². The smallest absolute Gasteiger partial charge is 0.271 e. The number of aliphatic imine (C=N–C) groups is 1. The Balaban J connectivity index is 1.93. The highest BCUT2D eigenvalue weighted by Crippen LogP contribution is 2.31. The van der Waals surface area contributed by atoms with Crippen LogP contribution in [-0.2, 0) is 9.59 Å². The first kappa shape index (κ1) is 20.1. The number of non-ortho nitro benzene ring substituents is 1. The molecule has 2 aromatic rings. The summed E-state index contributed by atoms with van der Waals surface area (Å²) < 4.78 is 5.14. The molecule has 9 nitrogen and oxygen atoms in total. The molecule has 3 rings (SSSR count). The molecule has 1 aliphatic rings. The quantitative estimate of drug-likeness (QED) is 0.266. The summed E-state index contributed by atoms with van der Waals surface area (Å²) in [4.78, 5) is 41.0. The van der Waals surface area contributed by atoms with Crippen LogP contribution >= 0.6 is 12.2 Å². The van der Waals surface area contributed by atoms with Crippen LogP contribution in [0.4, 0.5) is 17.1 Å². The second-order valence-corrected chi connectivity index (χ2v) is 6.56. The van der Waals surface area contributed by atoms with Gasteiger partial charge in [0.2, 0.25) is 5.91 Å². The van der Waals surface area contributed by atoms with Crippen molar-refractivity contribution in [1.82, 2.24) is 5.32 Å². The minimum Gasteiger partial charge on any atom is -0.494 e. The van der Waals surface area contributed by atoms with E-state index in [0.717, 1.165) is 11.8 Å². The van der Waals surface area contributed by atoms with Gasteiger partial charge in [-0.2, -0.15) is 0 Å². The molecule has 0 aromatic heterocycles. The van der Waals surface area contributed by atoms with Crippen molar-refractivity contribution in [2.75, 3.05) is 12.0 Å². The minimum atomic E-state index is -1.26. The Kier molecular flexibility index (Phi) is 5.64. The molecule has 29 heavy (non-hydrogen) atoms. The number of nitrogens with zero attached hydrogens (tertiary/aromatic N) is 3. The van der Waals surface area contributed by atoms with Gasteiger partial charge in [-0.1, -0.05) is 17.7 Å². The zero-order valence-electron chi connectivity index (χ0n) is 15.5. The van der Waals surface area contributed by atoms with Gasteiger partial charge in [0.25, 0.3) is 11.6 Å². The first-order valence-electron chi connectivity index (χ1n) is 8.44. The molecule has 1 atom stereocenters. The van der Waals surface area contributed by atoms with Crippen LogP contribution in [0.3, 0.4) is 0 Å². The molecule has 0 radical (unpaired) electrons. The minimum absolute atomic E-state index is 0.0265. The Bertz CT molecular complexity index is 1040. The number of methoxy groups -OCH3 is 1. The van der Waals surface area contributed by atoms with Crippen molar-refractivity contribution in [1.29, 1.82) is 0 Å². The largest absolute Gasteiger partial charge is 0.494 e. The van der Waals surface area contributed by atoms with Crippen molar-refractivity contribution >= 4 is 52.4 Å². The number of hydrogen-bond donors (Lipinski definition) is 1. The van der Waals surface area contributed by atoms with Crippen molar-refractivity contribution in [2.45, 2.75) is 6.92 Å². The summed E-state index contributed by atoms with van der Waals surface area (Å²) in [5, 5.41) is 13.5. The molecule has 1 heterocycles. The molecular weight excluding hydrogens is 396 g/mol. The standard InChI is InChI=1S/C19H16N4O5S/c1-11-3-5-12(6-4-11)22-18(25)14(17(24)21-19(22)29)10-20-15-9-13(23(26)27)7-8-16(15)28-2/h3-10,14H,1-2H3,(H,21,24,29)/t14-/m0/s1. The fraction of sp³-hybridized carbons (Fsp3) is 0.158. The van der Waals surface area contributed by atoms with Crippen LogP contribution in [0.25, 0.3) is 0 Å². The predicted molar refractivity (Wildman–Crippen MR) is 111 cm³/mol. The maximum Gasteiger partial charge on any atom is 0.271 e.